The van der Waals surface area contributed by atoms with Gasteiger partial charge >= 0.3 is 0 Å². The molecule has 0 N–H and O–H groups in total. The molecule has 3 heteroatoms. The summed E-state index contributed by atoms with van der Waals surface area (Å²) in [6.45, 7) is 5.24. The van der Waals surface area contributed by atoms with Crippen LogP contribution in [0.2, 0.25) is 0 Å². The molecule has 2 atom stereocenters. The van der Waals surface area contributed by atoms with Crippen LogP contribution in [-0.4, -0.2) is 23.7 Å². The predicted molar refractivity (Wildman–Crippen MR) is 87.4 cm³/mol. The Hall–Kier alpha value is 0.230. The molecule has 0 bridgehead atoms. The van der Waals surface area contributed by atoms with Crippen molar-refractivity contribution < 1.29 is 9.47 Å². The Morgan fingerprint density at radius 1 is 1.17 bits per heavy atom. The van der Waals surface area contributed by atoms with Crippen LogP contribution < -0.4 is 0 Å². The molecule has 0 aliphatic carbocycles. The highest BCUT2D eigenvalue weighted by atomic mass is 127. The van der Waals surface area contributed by atoms with Crippen molar-refractivity contribution >= 4 is 22.6 Å². The van der Waals surface area contributed by atoms with Crippen LogP contribution in [-0.2, 0) is 9.47 Å². The lowest BCUT2D eigenvalue weighted by molar-refractivity contribution is 0.0863. The van der Waals surface area contributed by atoms with Gasteiger partial charge in [0.2, 0.25) is 0 Å². The normalized spacial score (nSPS) is 14.9. The average molecular weight is 368 g/mol. The minimum absolute atomic E-state index is 0.312. The molecule has 0 amide bonds. The van der Waals surface area contributed by atoms with Gasteiger partial charge in [-0.2, -0.15) is 0 Å². The Bertz CT molecular complexity index is 195. The van der Waals surface area contributed by atoms with E-state index in [-0.39, 0.29) is 0 Å². The van der Waals surface area contributed by atoms with E-state index in [2.05, 4.69) is 42.5 Å². The van der Waals surface area contributed by atoms with Crippen molar-refractivity contribution in [2.75, 3.05) is 13.7 Å². The summed E-state index contributed by atoms with van der Waals surface area (Å²) in [6.07, 6.45) is 12.5. The fourth-order valence-corrected chi connectivity index (χ4v) is 2.02. The van der Waals surface area contributed by atoms with E-state index in [1.165, 1.54) is 25.7 Å². The molecule has 0 spiro atoms. The fourth-order valence-electron chi connectivity index (χ4n) is 1.66. The number of unbranched alkanes of at least 4 members (excludes halogenated alkanes) is 2. The van der Waals surface area contributed by atoms with Crippen LogP contribution in [0.5, 0.6) is 0 Å². The highest BCUT2D eigenvalue weighted by molar-refractivity contribution is 14.1. The molecule has 0 saturated carbocycles. The number of hydrogen-bond acceptors (Lipinski definition) is 2. The Labute approximate surface area is 127 Å². The van der Waals surface area contributed by atoms with Crippen LogP contribution in [0, 0.1) is 0 Å². The number of hydrogen-bond donors (Lipinski definition) is 0. The number of rotatable bonds is 12. The predicted octanol–water partition coefficient (Wildman–Crippen LogP) is 5.11. The van der Waals surface area contributed by atoms with Gasteiger partial charge < -0.3 is 9.47 Å². The maximum Gasteiger partial charge on any atom is 0.100 e. The Kier molecular flexibility index (Phi) is 13.8. The SMILES string of the molecule is CCCCC=COC(CCOC)CCC(I)CC. The van der Waals surface area contributed by atoms with E-state index in [4.69, 9.17) is 9.47 Å². The minimum Gasteiger partial charge on any atom is -0.498 e. The quantitative estimate of drug-likeness (QED) is 0.206. The monoisotopic (exact) mass is 368 g/mol. The zero-order valence-electron chi connectivity index (χ0n) is 12.2. The largest absolute Gasteiger partial charge is 0.498 e. The van der Waals surface area contributed by atoms with Crippen molar-refractivity contribution in [3.8, 4) is 0 Å². The van der Waals surface area contributed by atoms with Gasteiger partial charge in [-0.05, 0) is 38.2 Å². The van der Waals surface area contributed by atoms with Gasteiger partial charge in [-0.1, -0.05) is 42.9 Å². The van der Waals surface area contributed by atoms with Gasteiger partial charge in [0, 0.05) is 24.1 Å². The molecule has 0 heterocycles. The third kappa shape index (κ3) is 11.3. The van der Waals surface area contributed by atoms with Crippen molar-refractivity contribution in [2.24, 2.45) is 0 Å². The number of methoxy groups -OCH3 is 1. The molecule has 0 aliphatic heterocycles. The molecule has 0 aromatic carbocycles. The lowest BCUT2D eigenvalue weighted by Gasteiger charge is -2.17. The average Bonchev–Trinajstić information content (AvgIpc) is 2.40. The molecule has 0 saturated heterocycles. The molecule has 0 rings (SSSR count). The lowest BCUT2D eigenvalue weighted by atomic mass is 10.1. The molecule has 0 radical (unpaired) electrons. The van der Waals surface area contributed by atoms with E-state index in [1.807, 2.05) is 6.26 Å². The Morgan fingerprint density at radius 2 is 1.94 bits per heavy atom. The first-order valence-corrected chi connectivity index (χ1v) is 8.42. The Morgan fingerprint density at radius 3 is 2.56 bits per heavy atom. The van der Waals surface area contributed by atoms with Crippen molar-refractivity contribution in [2.45, 2.75) is 68.8 Å². The minimum atomic E-state index is 0.312. The second-order valence-corrected chi connectivity index (χ2v) is 6.40. The Balaban J connectivity index is 3.86. The van der Waals surface area contributed by atoms with Crippen LogP contribution >= 0.6 is 22.6 Å². The molecule has 0 aliphatic rings. The molecule has 0 aromatic rings. The lowest BCUT2D eigenvalue weighted by Crippen LogP contribution is -2.14. The molecule has 2 nitrogen and oxygen atoms in total. The first-order chi connectivity index (χ1) is 8.74. The molecule has 0 aromatic heterocycles. The highest BCUT2D eigenvalue weighted by Gasteiger charge is 2.10. The van der Waals surface area contributed by atoms with Gasteiger partial charge in [-0.3, -0.25) is 0 Å². The van der Waals surface area contributed by atoms with E-state index in [1.54, 1.807) is 7.11 Å². The zero-order chi connectivity index (χ0) is 13.6. The van der Waals surface area contributed by atoms with E-state index in [0.29, 0.717) is 6.10 Å². The van der Waals surface area contributed by atoms with Gasteiger partial charge in [-0.25, -0.2) is 0 Å². The maximum absolute atomic E-state index is 5.82. The first-order valence-electron chi connectivity index (χ1n) is 7.18. The summed E-state index contributed by atoms with van der Waals surface area (Å²) in [5, 5.41) is 0. The van der Waals surface area contributed by atoms with Crippen LogP contribution in [0.1, 0.15) is 58.8 Å². The van der Waals surface area contributed by atoms with Crippen molar-refractivity contribution in [1.82, 2.24) is 0 Å². The molecular formula is C15H29IO2. The topological polar surface area (TPSA) is 18.5 Å². The molecule has 0 fully saturated rings. The third-order valence-electron chi connectivity index (χ3n) is 2.98. The van der Waals surface area contributed by atoms with Gasteiger partial charge in [0.25, 0.3) is 0 Å². The standard InChI is InChI=1S/C15H29IO2/c1-4-6-7-8-12-18-15(11-13-17-3)10-9-14(16)5-2/h8,12,14-15H,4-7,9-11,13H2,1-3H3. The van der Waals surface area contributed by atoms with Gasteiger partial charge in [0.05, 0.1) is 6.26 Å². The molecular weight excluding hydrogens is 339 g/mol. The number of allylic oxidation sites excluding steroid dienone is 1. The van der Waals surface area contributed by atoms with Crippen LogP contribution in [0.4, 0.5) is 0 Å². The summed E-state index contributed by atoms with van der Waals surface area (Å²) in [5.74, 6) is 0. The summed E-state index contributed by atoms with van der Waals surface area (Å²) in [7, 11) is 1.75. The van der Waals surface area contributed by atoms with Crippen molar-refractivity contribution in [3.63, 3.8) is 0 Å². The number of ether oxygens (including phenoxy) is 2. The van der Waals surface area contributed by atoms with E-state index >= 15 is 0 Å². The zero-order valence-corrected chi connectivity index (χ0v) is 14.3. The van der Waals surface area contributed by atoms with E-state index < -0.39 is 0 Å². The smallest absolute Gasteiger partial charge is 0.100 e. The summed E-state index contributed by atoms with van der Waals surface area (Å²) < 4.78 is 11.7. The molecule has 108 valence electrons. The maximum atomic E-state index is 5.82. The molecule has 18 heavy (non-hydrogen) atoms. The van der Waals surface area contributed by atoms with Crippen molar-refractivity contribution in [1.29, 1.82) is 0 Å². The van der Waals surface area contributed by atoms with Gasteiger partial charge in [-0.15, -0.1) is 0 Å². The van der Waals surface area contributed by atoms with E-state index in [0.717, 1.165) is 29.8 Å². The summed E-state index contributed by atoms with van der Waals surface area (Å²) in [5.41, 5.74) is 0. The van der Waals surface area contributed by atoms with Crippen LogP contribution in [0.25, 0.3) is 0 Å². The van der Waals surface area contributed by atoms with Gasteiger partial charge in [0.15, 0.2) is 0 Å². The second-order valence-electron chi connectivity index (χ2n) is 4.64. The summed E-state index contributed by atoms with van der Waals surface area (Å²) in [6, 6.07) is 0. The first kappa shape index (κ1) is 18.2. The third-order valence-corrected chi connectivity index (χ3v) is 4.48. The summed E-state index contributed by atoms with van der Waals surface area (Å²) >= 11 is 2.53. The van der Waals surface area contributed by atoms with Crippen molar-refractivity contribution in [3.05, 3.63) is 12.3 Å². The van der Waals surface area contributed by atoms with E-state index in [9.17, 15) is 0 Å². The molecule has 2 unspecified atom stereocenters. The highest BCUT2D eigenvalue weighted by Crippen LogP contribution is 2.17. The van der Waals surface area contributed by atoms with Gasteiger partial charge in [0.1, 0.15) is 6.10 Å². The number of alkyl halides is 1. The number of halogens is 1. The van der Waals surface area contributed by atoms with Crippen LogP contribution in [0.15, 0.2) is 12.3 Å². The second kappa shape index (κ2) is 13.7. The fraction of sp³-hybridized carbons (Fsp3) is 0.867. The van der Waals surface area contributed by atoms with Crippen LogP contribution in [0.3, 0.4) is 0 Å². The summed E-state index contributed by atoms with van der Waals surface area (Å²) in [4.78, 5) is 0.